The van der Waals surface area contributed by atoms with Crippen LogP contribution in [0.2, 0.25) is 0 Å². The molecule has 1 unspecified atom stereocenters. The van der Waals surface area contributed by atoms with Crippen LogP contribution in [0.5, 0.6) is 5.88 Å². The third-order valence-corrected chi connectivity index (χ3v) is 4.10. The number of pyridine rings is 1. The van der Waals surface area contributed by atoms with Crippen LogP contribution in [0, 0.1) is 5.82 Å². The molecule has 1 saturated heterocycles. The van der Waals surface area contributed by atoms with E-state index in [1.165, 1.54) is 18.7 Å². The van der Waals surface area contributed by atoms with E-state index in [1.807, 2.05) is 0 Å². The summed E-state index contributed by atoms with van der Waals surface area (Å²) in [6.45, 7) is 9.34. The Morgan fingerprint density at radius 3 is 2.65 bits per heavy atom. The number of methoxy groups -OCH3 is 1. The monoisotopic (exact) mass is 281 g/mol. The molecule has 4 nitrogen and oxygen atoms in total. The number of hydrogen-bond acceptors (Lipinski definition) is 4. The van der Waals surface area contributed by atoms with Crippen LogP contribution in [0.25, 0.3) is 0 Å². The molecular formula is C15H24FN3O. The Hall–Kier alpha value is -1.20. The van der Waals surface area contributed by atoms with Gasteiger partial charge in [-0.3, -0.25) is 9.80 Å². The van der Waals surface area contributed by atoms with Gasteiger partial charge in [0.05, 0.1) is 13.3 Å². The second kappa shape index (κ2) is 6.99. The normalized spacial score (nSPS) is 19.0. The minimum Gasteiger partial charge on any atom is -0.481 e. The first-order valence-corrected chi connectivity index (χ1v) is 7.28. The van der Waals surface area contributed by atoms with Gasteiger partial charge in [-0.1, -0.05) is 6.92 Å². The summed E-state index contributed by atoms with van der Waals surface area (Å²) < 4.78 is 18.5. The first-order chi connectivity index (χ1) is 9.63. The van der Waals surface area contributed by atoms with Crippen LogP contribution in [0.4, 0.5) is 4.39 Å². The van der Waals surface area contributed by atoms with E-state index in [4.69, 9.17) is 4.74 Å². The van der Waals surface area contributed by atoms with E-state index < -0.39 is 0 Å². The third kappa shape index (κ3) is 3.67. The molecule has 1 fully saturated rings. The number of aromatic nitrogens is 1. The summed E-state index contributed by atoms with van der Waals surface area (Å²) in [5.41, 5.74) is 0.824. The molecule has 1 atom stereocenters. The number of ether oxygens (including phenoxy) is 1. The predicted octanol–water partition coefficient (Wildman–Crippen LogP) is 2.15. The first-order valence-electron chi connectivity index (χ1n) is 7.28. The maximum absolute atomic E-state index is 13.3. The van der Waals surface area contributed by atoms with E-state index in [-0.39, 0.29) is 5.82 Å². The fraction of sp³-hybridized carbons (Fsp3) is 0.667. The highest BCUT2D eigenvalue weighted by molar-refractivity contribution is 5.26. The van der Waals surface area contributed by atoms with Gasteiger partial charge in [-0.25, -0.2) is 9.37 Å². The molecular weight excluding hydrogens is 257 g/mol. The van der Waals surface area contributed by atoms with Gasteiger partial charge in [0.15, 0.2) is 0 Å². The second-order valence-corrected chi connectivity index (χ2v) is 5.39. The molecule has 1 aromatic heterocycles. The van der Waals surface area contributed by atoms with Crippen molar-refractivity contribution in [3.05, 3.63) is 23.6 Å². The Labute approximate surface area is 120 Å². The van der Waals surface area contributed by atoms with Gasteiger partial charge in [0.1, 0.15) is 5.82 Å². The zero-order valence-corrected chi connectivity index (χ0v) is 12.6. The molecule has 0 bridgehead atoms. The van der Waals surface area contributed by atoms with Crippen molar-refractivity contribution in [1.82, 2.24) is 14.8 Å². The molecule has 0 N–H and O–H groups in total. The van der Waals surface area contributed by atoms with Gasteiger partial charge in [0, 0.05) is 44.3 Å². The Balaban J connectivity index is 1.94. The Morgan fingerprint density at radius 1 is 1.35 bits per heavy atom. The van der Waals surface area contributed by atoms with Crippen LogP contribution < -0.4 is 4.74 Å². The lowest BCUT2D eigenvalue weighted by Crippen LogP contribution is -2.49. The smallest absolute Gasteiger partial charge is 0.217 e. The molecule has 1 aliphatic rings. The van der Waals surface area contributed by atoms with Gasteiger partial charge in [0.2, 0.25) is 5.88 Å². The summed E-state index contributed by atoms with van der Waals surface area (Å²) in [7, 11) is 1.57. The van der Waals surface area contributed by atoms with E-state index in [0.717, 1.165) is 31.7 Å². The summed E-state index contributed by atoms with van der Waals surface area (Å²) >= 11 is 0. The number of nitrogens with zero attached hydrogens (tertiary/aromatic N) is 3. The van der Waals surface area contributed by atoms with E-state index >= 15 is 0 Å². The van der Waals surface area contributed by atoms with Gasteiger partial charge in [-0.2, -0.15) is 0 Å². The predicted molar refractivity (Wildman–Crippen MR) is 77.4 cm³/mol. The van der Waals surface area contributed by atoms with Gasteiger partial charge < -0.3 is 4.74 Å². The van der Waals surface area contributed by atoms with E-state index in [1.54, 1.807) is 7.11 Å². The lowest BCUT2D eigenvalue weighted by Gasteiger charge is -2.37. The number of rotatable bonds is 5. The third-order valence-electron chi connectivity index (χ3n) is 4.10. The maximum atomic E-state index is 13.3. The molecule has 0 saturated carbocycles. The molecule has 0 amide bonds. The maximum Gasteiger partial charge on any atom is 0.217 e. The summed E-state index contributed by atoms with van der Waals surface area (Å²) in [5.74, 6) is 0.217. The summed E-state index contributed by atoms with van der Waals surface area (Å²) in [6.07, 6.45) is 2.38. The number of halogens is 1. The molecule has 5 heteroatoms. The van der Waals surface area contributed by atoms with Crippen molar-refractivity contribution < 1.29 is 9.13 Å². The lowest BCUT2D eigenvalue weighted by atomic mass is 10.1. The zero-order chi connectivity index (χ0) is 14.5. The van der Waals surface area contributed by atoms with Gasteiger partial charge in [-0.15, -0.1) is 0 Å². The topological polar surface area (TPSA) is 28.6 Å². The molecule has 1 aliphatic heterocycles. The van der Waals surface area contributed by atoms with E-state index in [2.05, 4.69) is 28.6 Å². The van der Waals surface area contributed by atoms with Crippen molar-refractivity contribution in [2.75, 3.05) is 33.3 Å². The van der Waals surface area contributed by atoms with Crippen molar-refractivity contribution in [2.45, 2.75) is 32.9 Å². The zero-order valence-electron chi connectivity index (χ0n) is 12.6. The standard InChI is InChI=1S/C15H24FN3O/c1-4-12(2)19-7-5-18(6-8-19)11-13-9-14(16)10-17-15(13)20-3/h9-10,12H,4-8,11H2,1-3H3. The Morgan fingerprint density at radius 2 is 2.05 bits per heavy atom. The second-order valence-electron chi connectivity index (χ2n) is 5.39. The van der Waals surface area contributed by atoms with Crippen molar-refractivity contribution in [3.8, 4) is 5.88 Å². The average molecular weight is 281 g/mol. The number of hydrogen-bond donors (Lipinski definition) is 0. The van der Waals surface area contributed by atoms with Crippen molar-refractivity contribution >= 4 is 0 Å². The fourth-order valence-corrected chi connectivity index (χ4v) is 2.63. The largest absolute Gasteiger partial charge is 0.481 e. The van der Waals surface area contributed by atoms with Crippen LogP contribution >= 0.6 is 0 Å². The first kappa shape index (κ1) is 15.2. The van der Waals surface area contributed by atoms with Crippen LogP contribution in [0.1, 0.15) is 25.8 Å². The Kier molecular flexibility index (Phi) is 5.31. The van der Waals surface area contributed by atoms with Gasteiger partial charge >= 0.3 is 0 Å². The highest BCUT2D eigenvalue weighted by atomic mass is 19.1. The number of piperazine rings is 1. The molecule has 0 spiro atoms. The van der Waals surface area contributed by atoms with Crippen molar-refractivity contribution in [2.24, 2.45) is 0 Å². The molecule has 2 heterocycles. The van der Waals surface area contributed by atoms with Gasteiger partial charge in [0.25, 0.3) is 0 Å². The minimum atomic E-state index is -0.306. The molecule has 112 valence electrons. The quantitative estimate of drug-likeness (QED) is 0.827. The fourth-order valence-electron chi connectivity index (χ4n) is 2.63. The summed E-state index contributed by atoms with van der Waals surface area (Å²) in [6, 6.07) is 2.16. The van der Waals surface area contributed by atoms with Gasteiger partial charge in [-0.05, 0) is 19.4 Å². The van der Waals surface area contributed by atoms with Crippen LogP contribution in [-0.4, -0.2) is 54.1 Å². The molecule has 0 aliphatic carbocycles. The SMILES string of the molecule is CCC(C)N1CCN(Cc2cc(F)cnc2OC)CC1. The summed E-state index contributed by atoms with van der Waals surface area (Å²) in [4.78, 5) is 8.83. The lowest BCUT2D eigenvalue weighted by molar-refractivity contribution is 0.0956. The molecule has 20 heavy (non-hydrogen) atoms. The highest BCUT2D eigenvalue weighted by Gasteiger charge is 2.21. The van der Waals surface area contributed by atoms with E-state index in [9.17, 15) is 4.39 Å². The van der Waals surface area contributed by atoms with Crippen LogP contribution in [0.15, 0.2) is 12.3 Å². The van der Waals surface area contributed by atoms with Crippen molar-refractivity contribution in [3.63, 3.8) is 0 Å². The minimum absolute atomic E-state index is 0.306. The van der Waals surface area contributed by atoms with Crippen LogP contribution in [-0.2, 0) is 6.54 Å². The molecule has 0 radical (unpaired) electrons. The van der Waals surface area contributed by atoms with Crippen LogP contribution in [0.3, 0.4) is 0 Å². The summed E-state index contributed by atoms with van der Waals surface area (Å²) in [5, 5.41) is 0. The Bertz CT molecular complexity index is 433. The molecule has 0 aromatic carbocycles. The highest BCUT2D eigenvalue weighted by Crippen LogP contribution is 2.19. The van der Waals surface area contributed by atoms with E-state index in [0.29, 0.717) is 18.5 Å². The molecule has 1 aromatic rings. The average Bonchev–Trinajstić information content (AvgIpc) is 2.47. The molecule has 2 rings (SSSR count). The van der Waals surface area contributed by atoms with Crippen molar-refractivity contribution in [1.29, 1.82) is 0 Å².